The van der Waals surface area contributed by atoms with Crippen molar-refractivity contribution in [2.24, 2.45) is 0 Å². The molecule has 0 N–H and O–H groups in total. The van der Waals surface area contributed by atoms with E-state index in [0.717, 1.165) is 25.3 Å². The number of hydrogen-bond donors (Lipinski definition) is 0. The van der Waals surface area contributed by atoms with Crippen LogP contribution in [0, 0.1) is 0 Å². The molecule has 26 heavy (non-hydrogen) atoms. The van der Waals surface area contributed by atoms with Crippen molar-refractivity contribution in [3.05, 3.63) is 59.8 Å². The van der Waals surface area contributed by atoms with Gasteiger partial charge in [-0.25, -0.2) is 4.98 Å². The third-order valence-electron chi connectivity index (χ3n) is 4.67. The maximum Gasteiger partial charge on any atom is 0.255 e. The van der Waals surface area contributed by atoms with Crippen LogP contribution in [0.15, 0.2) is 48.7 Å². The van der Waals surface area contributed by atoms with Crippen molar-refractivity contribution in [1.82, 2.24) is 14.8 Å². The number of hydrogen-bond acceptors (Lipinski definition) is 4. The Morgan fingerprint density at radius 2 is 1.85 bits per heavy atom. The number of carbonyl (C=O) groups excluding carboxylic acids is 2. The largest absolute Gasteiger partial charge is 0.353 e. The van der Waals surface area contributed by atoms with Crippen LogP contribution in [0.1, 0.15) is 22.8 Å². The van der Waals surface area contributed by atoms with Crippen molar-refractivity contribution in [2.75, 3.05) is 37.6 Å². The van der Waals surface area contributed by atoms with Crippen LogP contribution in [0.4, 0.5) is 5.82 Å². The summed E-state index contributed by atoms with van der Waals surface area (Å²) in [6.07, 6.45) is 2.49. The maximum atomic E-state index is 12.6. The number of anilines is 1. The predicted molar refractivity (Wildman–Crippen MR) is 101 cm³/mol. The van der Waals surface area contributed by atoms with Crippen LogP contribution >= 0.6 is 0 Å². The molecule has 0 unspecified atom stereocenters. The molecule has 6 heteroatoms. The van der Waals surface area contributed by atoms with E-state index in [1.807, 2.05) is 30.3 Å². The molecule has 2 amide bonds. The van der Waals surface area contributed by atoms with E-state index in [2.05, 4.69) is 28.9 Å². The Kier molecular flexibility index (Phi) is 5.84. The molecule has 6 nitrogen and oxygen atoms in total. The standard InChI is InChI=1S/C20H24N4O2/c1-2-23(15-17-6-4-3-5-7-17)19-9-8-18(14-21-19)20(26)24-12-10-22(16-25)11-13-24/h3-9,14,16H,2,10-13,15H2,1H3. The van der Waals surface area contributed by atoms with E-state index in [1.54, 1.807) is 16.0 Å². The molecule has 2 heterocycles. The van der Waals surface area contributed by atoms with Gasteiger partial charge in [-0.3, -0.25) is 9.59 Å². The van der Waals surface area contributed by atoms with Crippen LogP contribution in [0.25, 0.3) is 0 Å². The highest BCUT2D eigenvalue weighted by atomic mass is 16.2. The Morgan fingerprint density at radius 1 is 1.12 bits per heavy atom. The van der Waals surface area contributed by atoms with Gasteiger partial charge < -0.3 is 14.7 Å². The van der Waals surface area contributed by atoms with E-state index < -0.39 is 0 Å². The van der Waals surface area contributed by atoms with E-state index in [1.165, 1.54) is 5.56 Å². The van der Waals surface area contributed by atoms with Gasteiger partial charge in [0.2, 0.25) is 6.41 Å². The fourth-order valence-corrected chi connectivity index (χ4v) is 3.07. The van der Waals surface area contributed by atoms with E-state index >= 15 is 0 Å². The predicted octanol–water partition coefficient (Wildman–Crippen LogP) is 2.02. The van der Waals surface area contributed by atoms with Gasteiger partial charge in [0.05, 0.1) is 5.56 Å². The van der Waals surface area contributed by atoms with Crippen LogP contribution in [-0.2, 0) is 11.3 Å². The summed E-state index contributed by atoms with van der Waals surface area (Å²) in [5.41, 5.74) is 1.81. The number of amides is 2. The number of carbonyl (C=O) groups is 2. The van der Waals surface area contributed by atoms with Gasteiger partial charge in [0.25, 0.3) is 5.91 Å². The third kappa shape index (κ3) is 4.20. The Hall–Kier alpha value is -2.89. The smallest absolute Gasteiger partial charge is 0.255 e. The fraction of sp³-hybridized carbons (Fsp3) is 0.350. The lowest BCUT2D eigenvalue weighted by atomic mass is 10.2. The Morgan fingerprint density at radius 3 is 2.42 bits per heavy atom. The summed E-state index contributed by atoms with van der Waals surface area (Å²) in [7, 11) is 0. The highest BCUT2D eigenvalue weighted by Crippen LogP contribution is 2.16. The van der Waals surface area contributed by atoms with Gasteiger partial charge in [-0.2, -0.15) is 0 Å². The third-order valence-corrected chi connectivity index (χ3v) is 4.67. The topological polar surface area (TPSA) is 56.8 Å². The molecule has 0 spiro atoms. The van der Waals surface area contributed by atoms with E-state index in [4.69, 9.17) is 0 Å². The second-order valence-electron chi connectivity index (χ2n) is 6.34. The molecule has 1 aromatic carbocycles. The van der Waals surface area contributed by atoms with Crippen molar-refractivity contribution in [1.29, 1.82) is 0 Å². The average Bonchev–Trinajstić information content (AvgIpc) is 2.72. The summed E-state index contributed by atoms with van der Waals surface area (Å²) in [5, 5.41) is 0. The van der Waals surface area contributed by atoms with Crippen LogP contribution < -0.4 is 4.90 Å². The van der Waals surface area contributed by atoms with Crippen molar-refractivity contribution < 1.29 is 9.59 Å². The summed E-state index contributed by atoms with van der Waals surface area (Å²) < 4.78 is 0. The van der Waals surface area contributed by atoms with E-state index in [9.17, 15) is 9.59 Å². The average molecular weight is 352 g/mol. The Balaban J connectivity index is 1.65. The van der Waals surface area contributed by atoms with Gasteiger partial charge in [-0.1, -0.05) is 30.3 Å². The summed E-state index contributed by atoms with van der Waals surface area (Å²) in [4.78, 5) is 33.5. The zero-order valence-corrected chi connectivity index (χ0v) is 15.0. The molecule has 2 aromatic rings. The molecule has 3 rings (SSSR count). The summed E-state index contributed by atoms with van der Waals surface area (Å²) in [5.74, 6) is 0.833. The van der Waals surface area contributed by atoms with Gasteiger partial charge >= 0.3 is 0 Å². The first kappa shape index (κ1) is 17.9. The monoisotopic (exact) mass is 352 g/mol. The highest BCUT2D eigenvalue weighted by molar-refractivity contribution is 5.94. The molecule has 0 aliphatic carbocycles. The first-order chi connectivity index (χ1) is 12.7. The van der Waals surface area contributed by atoms with Crippen LogP contribution in [0.5, 0.6) is 0 Å². The zero-order chi connectivity index (χ0) is 18.4. The molecule has 1 aliphatic heterocycles. The summed E-state index contributed by atoms with van der Waals surface area (Å²) in [6.45, 7) is 6.01. The lowest BCUT2D eigenvalue weighted by Crippen LogP contribution is -2.48. The first-order valence-electron chi connectivity index (χ1n) is 8.95. The number of aromatic nitrogens is 1. The fourth-order valence-electron chi connectivity index (χ4n) is 3.07. The number of benzene rings is 1. The van der Waals surface area contributed by atoms with Crippen molar-refractivity contribution in [3.8, 4) is 0 Å². The van der Waals surface area contributed by atoms with Crippen molar-refractivity contribution in [2.45, 2.75) is 13.5 Å². The molecule has 1 fully saturated rings. The van der Waals surface area contributed by atoms with E-state index in [-0.39, 0.29) is 5.91 Å². The highest BCUT2D eigenvalue weighted by Gasteiger charge is 2.21. The number of rotatable bonds is 6. The van der Waals surface area contributed by atoms with Crippen LogP contribution in [0.2, 0.25) is 0 Å². The van der Waals surface area contributed by atoms with Gasteiger partial charge in [0.1, 0.15) is 5.82 Å². The molecule has 0 radical (unpaired) electrons. The lowest BCUT2D eigenvalue weighted by Gasteiger charge is -2.32. The van der Waals surface area contributed by atoms with Gasteiger partial charge in [0, 0.05) is 45.5 Å². The second kappa shape index (κ2) is 8.47. The number of pyridine rings is 1. The first-order valence-corrected chi connectivity index (χ1v) is 8.95. The van der Waals surface area contributed by atoms with Gasteiger partial charge in [-0.05, 0) is 24.6 Å². The van der Waals surface area contributed by atoms with Gasteiger partial charge in [0.15, 0.2) is 0 Å². The lowest BCUT2D eigenvalue weighted by molar-refractivity contribution is -0.119. The Labute approximate surface area is 154 Å². The van der Waals surface area contributed by atoms with Gasteiger partial charge in [-0.15, -0.1) is 0 Å². The van der Waals surface area contributed by atoms with Crippen LogP contribution in [-0.4, -0.2) is 59.8 Å². The number of nitrogens with zero attached hydrogens (tertiary/aromatic N) is 4. The van der Waals surface area contributed by atoms with Crippen molar-refractivity contribution >= 4 is 18.1 Å². The quantitative estimate of drug-likeness (QED) is 0.747. The minimum absolute atomic E-state index is 0.0271. The molecular formula is C20H24N4O2. The zero-order valence-electron chi connectivity index (χ0n) is 15.0. The van der Waals surface area contributed by atoms with E-state index in [0.29, 0.717) is 31.7 Å². The minimum atomic E-state index is -0.0271. The number of piperazine rings is 1. The molecule has 0 saturated carbocycles. The molecule has 1 aromatic heterocycles. The molecule has 0 atom stereocenters. The second-order valence-corrected chi connectivity index (χ2v) is 6.34. The Bertz CT molecular complexity index is 725. The molecule has 1 aliphatic rings. The normalized spacial score (nSPS) is 14.2. The minimum Gasteiger partial charge on any atom is -0.353 e. The molecule has 136 valence electrons. The molecular weight excluding hydrogens is 328 g/mol. The molecule has 1 saturated heterocycles. The molecule has 0 bridgehead atoms. The van der Waals surface area contributed by atoms with Crippen molar-refractivity contribution in [3.63, 3.8) is 0 Å². The van der Waals surface area contributed by atoms with Crippen LogP contribution in [0.3, 0.4) is 0 Å². The summed E-state index contributed by atoms with van der Waals surface area (Å²) >= 11 is 0. The maximum absolute atomic E-state index is 12.6. The SMILES string of the molecule is CCN(Cc1ccccc1)c1ccc(C(=O)N2CCN(C=O)CC2)cn1. The summed E-state index contributed by atoms with van der Waals surface area (Å²) in [6, 6.07) is 14.0.